The zero-order chi connectivity index (χ0) is 13.3. The van der Waals surface area contributed by atoms with Crippen molar-refractivity contribution in [2.24, 2.45) is 0 Å². The number of hydrogen-bond acceptors (Lipinski definition) is 3. The summed E-state index contributed by atoms with van der Waals surface area (Å²) in [5.41, 5.74) is 7.14. The fraction of sp³-hybridized carbons (Fsp3) is 0.385. The molecule has 0 saturated carbocycles. The highest BCUT2D eigenvalue weighted by Gasteiger charge is 2.32. The van der Waals surface area contributed by atoms with Crippen LogP contribution in [0.3, 0.4) is 0 Å². The summed E-state index contributed by atoms with van der Waals surface area (Å²) in [6.07, 6.45) is 0.797. The highest BCUT2D eigenvalue weighted by atomic mass is 16.2. The third-order valence-corrected chi connectivity index (χ3v) is 3.14. The molecule has 0 radical (unpaired) electrons. The SMILES string of the molecule is CCCN1C(=O)c2c(N)cccc2NC(=O)C1C. The van der Waals surface area contributed by atoms with E-state index in [-0.39, 0.29) is 11.8 Å². The Hall–Kier alpha value is -2.04. The Bertz CT molecular complexity index is 499. The van der Waals surface area contributed by atoms with Crippen LogP contribution in [0, 0.1) is 0 Å². The van der Waals surface area contributed by atoms with E-state index in [9.17, 15) is 9.59 Å². The fourth-order valence-electron chi connectivity index (χ4n) is 2.15. The molecule has 0 aliphatic carbocycles. The van der Waals surface area contributed by atoms with Crippen LogP contribution in [-0.4, -0.2) is 29.3 Å². The van der Waals surface area contributed by atoms with Crippen LogP contribution in [0.15, 0.2) is 18.2 Å². The largest absolute Gasteiger partial charge is 0.398 e. The molecule has 0 bridgehead atoms. The Kier molecular flexibility index (Phi) is 3.23. The molecule has 18 heavy (non-hydrogen) atoms. The van der Waals surface area contributed by atoms with Crippen molar-refractivity contribution in [1.29, 1.82) is 0 Å². The van der Waals surface area contributed by atoms with Crippen molar-refractivity contribution in [2.45, 2.75) is 26.3 Å². The van der Waals surface area contributed by atoms with Gasteiger partial charge < -0.3 is 16.0 Å². The summed E-state index contributed by atoms with van der Waals surface area (Å²) in [6.45, 7) is 4.24. The van der Waals surface area contributed by atoms with Crippen LogP contribution in [0.4, 0.5) is 11.4 Å². The van der Waals surface area contributed by atoms with Crippen molar-refractivity contribution in [3.05, 3.63) is 23.8 Å². The molecule has 0 fully saturated rings. The van der Waals surface area contributed by atoms with E-state index in [4.69, 9.17) is 5.73 Å². The standard InChI is InChI=1S/C13H17N3O2/c1-3-7-16-8(2)12(17)15-10-6-4-5-9(14)11(10)13(16)18/h4-6,8H,3,7,14H2,1-2H3,(H,15,17). The second kappa shape index (κ2) is 4.68. The van der Waals surface area contributed by atoms with Crippen LogP contribution >= 0.6 is 0 Å². The maximum Gasteiger partial charge on any atom is 0.258 e. The Labute approximate surface area is 106 Å². The minimum absolute atomic E-state index is 0.179. The second-order valence-corrected chi connectivity index (χ2v) is 4.43. The molecule has 1 unspecified atom stereocenters. The Morgan fingerprint density at radius 1 is 1.39 bits per heavy atom. The molecule has 96 valence electrons. The number of hydrogen-bond donors (Lipinski definition) is 2. The molecule has 5 nitrogen and oxygen atoms in total. The first-order valence-electron chi connectivity index (χ1n) is 6.06. The molecule has 0 saturated heterocycles. The van der Waals surface area contributed by atoms with Gasteiger partial charge in [-0.3, -0.25) is 9.59 Å². The van der Waals surface area contributed by atoms with Crippen LogP contribution in [0.25, 0.3) is 0 Å². The summed E-state index contributed by atoms with van der Waals surface area (Å²) >= 11 is 0. The number of nitrogens with one attached hydrogen (secondary N) is 1. The summed E-state index contributed by atoms with van der Waals surface area (Å²) in [4.78, 5) is 26.0. The lowest BCUT2D eigenvalue weighted by Gasteiger charge is -2.25. The van der Waals surface area contributed by atoms with Gasteiger partial charge >= 0.3 is 0 Å². The maximum absolute atomic E-state index is 12.5. The average Bonchev–Trinajstić information content (AvgIpc) is 2.42. The third kappa shape index (κ3) is 1.92. The summed E-state index contributed by atoms with van der Waals surface area (Å²) in [5.74, 6) is -0.364. The molecule has 0 aromatic heterocycles. The molecule has 0 spiro atoms. The predicted octanol–water partition coefficient (Wildman–Crippen LogP) is 1.46. The van der Waals surface area contributed by atoms with Gasteiger partial charge in [-0.25, -0.2) is 0 Å². The van der Waals surface area contributed by atoms with Crippen molar-refractivity contribution in [2.75, 3.05) is 17.6 Å². The van der Waals surface area contributed by atoms with Gasteiger partial charge in [-0.05, 0) is 25.5 Å². The van der Waals surface area contributed by atoms with E-state index in [0.29, 0.717) is 23.5 Å². The summed E-state index contributed by atoms with van der Waals surface area (Å²) in [7, 11) is 0. The number of rotatable bonds is 2. The second-order valence-electron chi connectivity index (χ2n) is 4.43. The minimum atomic E-state index is -0.482. The van der Waals surface area contributed by atoms with E-state index in [1.807, 2.05) is 6.92 Å². The van der Waals surface area contributed by atoms with Crippen LogP contribution in [0.5, 0.6) is 0 Å². The van der Waals surface area contributed by atoms with Crippen molar-refractivity contribution in [3.8, 4) is 0 Å². The molecule has 1 atom stereocenters. The molecule has 1 aromatic rings. The Balaban J connectivity index is 2.53. The van der Waals surface area contributed by atoms with Gasteiger partial charge in [0.1, 0.15) is 6.04 Å². The zero-order valence-corrected chi connectivity index (χ0v) is 10.6. The number of nitrogen functional groups attached to an aromatic ring is 1. The maximum atomic E-state index is 12.5. The number of nitrogens with two attached hydrogens (primary N) is 1. The number of fused-ring (bicyclic) bond motifs is 1. The molecule has 1 aliphatic heterocycles. The van der Waals surface area contributed by atoms with Crippen LogP contribution < -0.4 is 11.1 Å². The van der Waals surface area contributed by atoms with E-state index < -0.39 is 6.04 Å². The van der Waals surface area contributed by atoms with Crippen molar-refractivity contribution >= 4 is 23.2 Å². The van der Waals surface area contributed by atoms with Gasteiger partial charge in [-0.2, -0.15) is 0 Å². The highest BCUT2D eigenvalue weighted by Crippen LogP contribution is 2.27. The summed E-state index contributed by atoms with van der Waals surface area (Å²) < 4.78 is 0. The van der Waals surface area contributed by atoms with Gasteiger partial charge in [0.15, 0.2) is 0 Å². The van der Waals surface area contributed by atoms with Crippen LogP contribution in [0.2, 0.25) is 0 Å². The molecule has 2 amide bonds. The van der Waals surface area contributed by atoms with Crippen molar-refractivity contribution in [3.63, 3.8) is 0 Å². The summed E-state index contributed by atoms with van der Waals surface area (Å²) in [6, 6.07) is 4.61. The topological polar surface area (TPSA) is 75.4 Å². The molecule has 1 aromatic carbocycles. The van der Waals surface area contributed by atoms with Crippen LogP contribution in [-0.2, 0) is 4.79 Å². The molecule has 3 N–H and O–H groups in total. The van der Waals surface area contributed by atoms with Gasteiger partial charge in [0, 0.05) is 12.2 Å². The molecule has 1 aliphatic rings. The zero-order valence-electron chi connectivity index (χ0n) is 10.6. The molecule has 5 heteroatoms. The lowest BCUT2D eigenvalue weighted by molar-refractivity contribution is -0.119. The lowest BCUT2D eigenvalue weighted by atomic mass is 10.1. The number of anilines is 2. The quantitative estimate of drug-likeness (QED) is 0.777. The smallest absolute Gasteiger partial charge is 0.258 e. The minimum Gasteiger partial charge on any atom is -0.398 e. The first-order chi connectivity index (χ1) is 8.56. The Morgan fingerprint density at radius 2 is 2.11 bits per heavy atom. The number of nitrogens with zero attached hydrogens (tertiary/aromatic N) is 1. The molecular formula is C13H17N3O2. The lowest BCUT2D eigenvalue weighted by Crippen LogP contribution is -2.43. The van der Waals surface area contributed by atoms with Gasteiger partial charge in [0.25, 0.3) is 5.91 Å². The van der Waals surface area contributed by atoms with Crippen molar-refractivity contribution in [1.82, 2.24) is 4.90 Å². The average molecular weight is 247 g/mol. The van der Waals surface area contributed by atoms with E-state index in [2.05, 4.69) is 5.32 Å². The molecular weight excluding hydrogens is 230 g/mol. The Morgan fingerprint density at radius 3 is 2.78 bits per heavy atom. The first kappa shape index (κ1) is 12.4. The third-order valence-electron chi connectivity index (χ3n) is 3.14. The van der Waals surface area contributed by atoms with Gasteiger partial charge in [0.05, 0.1) is 11.3 Å². The van der Waals surface area contributed by atoms with Gasteiger partial charge in [0.2, 0.25) is 5.91 Å². The van der Waals surface area contributed by atoms with E-state index in [1.165, 1.54) is 0 Å². The number of carbonyl (C=O) groups is 2. The van der Waals surface area contributed by atoms with Crippen molar-refractivity contribution < 1.29 is 9.59 Å². The van der Waals surface area contributed by atoms with E-state index >= 15 is 0 Å². The normalized spacial score (nSPS) is 19.2. The van der Waals surface area contributed by atoms with E-state index in [1.54, 1.807) is 30.0 Å². The predicted molar refractivity (Wildman–Crippen MR) is 70.3 cm³/mol. The number of amides is 2. The van der Waals surface area contributed by atoms with E-state index in [0.717, 1.165) is 6.42 Å². The van der Waals surface area contributed by atoms with Gasteiger partial charge in [-0.1, -0.05) is 13.0 Å². The molecule has 2 rings (SSSR count). The summed E-state index contributed by atoms with van der Waals surface area (Å²) in [5, 5.41) is 2.75. The fourth-order valence-corrected chi connectivity index (χ4v) is 2.15. The highest BCUT2D eigenvalue weighted by molar-refractivity contribution is 6.12. The number of benzene rings is 1. The van der Waals surface area contributed by atoms with Gasteiger partial charge in [-0.15, -0.1) is 0 Å². The number of carbonyl (C=O) groups excluding carboxylic acids is 2. The monoisotopic (exact) mass is 247 g/mol. The van der Waals surface area contributed by atoms with Crippen LogP contribution in [0.1, 0.15) is 30.6 Å². The first-order valence-corrected chi connectivity index (χ1v) is 6.06. The molecule has 1 heterocycles.